The third-order valence-electron chi connectivity index (χ3n) is 3.06. The number of amides is 1. The molecule has 19 heavy (non-hydrogen) atoms. The maximum absolute atomic E-state index is 11.9. The third kappa shape index (κ3) is 4.52. The van der Waals surface area contributed by atoms with Crippen molar-refractivity contribution >= 4 is 23.2 Å². The van der Waals surface area contributed by atoms with E-state index in [0.717, 1.165) is 12.8 Å². The van der Waals surface area contributed by atoms with Crippen LogP contribution in [0.1, 0.15) is 37.0 Å². The summed E-state index contributed by atoms with van der Waals surface area (Å²) < 4.78 is 0. The van der Waals surface area contributed by atoms with Crippen LogP contribution in [0.3, 0.4) is 0 Å². The van der Waals surface area contributed by atoms with Crippen LogP contribution in [-0.2, 0) is 0 Å². The quantitative estimate of drug-likeness (QED) is 0.642. The summed E-state index contributed by atoms with van der Waals surface area (Å²) in [6.45, 7) is 4.68. The lowest BCUT2D eigenvalue weighted by molar-refractivity contribution is -0.384. The SMILES string of the molecule is CCC(CC)CNC(=O)c1cc(Cl)cc([N+](=O)[O-])c1. The molecule has 1 amide bonds. The lowest BCUT2D eigenvalue weighted by atomic mass is 10.0. The highest BCUT2D eigenvalue weighted by atomic mass is 35.5. The first-order valence-corrected chi connectivity index (χ1v) is 6.58. The Kier molecular flexibility index (Phi) is 5.76. The van der Waals surface area contributed by atoms with Gasteiger partial charge in [-0.25, -0.2) is 0 Å². The second-order valence-electron chi connectivity index (χ2n) is 4.35. The summed E-state index contributed by atoms with van der Waals surface area (Å²) in [7, 11) is 0. The molecule has 0 saturated heterocycles. The molecule has 6 heteroatoms. The fourth-order valence-corrected chi connectivity index (χ4v) is 1.96. The molecule has 0 aromatic heterocycles. The molecule has 0 spiro atoms. The van der Waals surface area contributed by atoms with Crippen molar-refractivity contribution in [2.75, 3.05) is 6.54 Å². The molecule has 1 aromatic rings. The monoisotopic (exact) mass is 284 g/mol. The number of non-ortho nitro benzene ring substituents is 1. The highest BCUT2D eigenvalue weighted by molar-refractivity contribution is 6.31. The lowest BCUT2D eigenvalue weighted by Crippen LogP contribution is -2.28. The first-order chi connectivity index (χ1) is 8.97. The van der Waals surface area contributed by atoms with Crippen molar-refractivity contribution in [2.24, 2.45) is 5.92 Å². The Balaban J connectivity index is 2.79. The van der Waals surface area contributed by atoms with Gasteiger partial charge < -0.3 is 5.32 Å². The first kappa shape index (κ1) is 15.4. The molecular weight excluding hydrogens is 268 g/mol. The lowest BCUT2D eigenvalue weighted by Gasteiger charge is -2.13. The summed E-state index contributed by atoms with van der Waals surface area (Å²) in [5, 5.41) is 13.7. The maximum Gasteiger partial charge on any atom is 0.271 e. The molecule has 0 aliphatic rings. The van der Waals surface area contributed by atoms with Crippen molar-refractivity contribution in [3.8, 4) is 0 Å². The topological polar surface area (TPSA) is 72.2 Å². The van der Waals surface area contributed by atoms with E-state index < -0.39 is 4.92 Å². The van der Waals surface area contributed by atoms with Gasteiger partial charge in [-0.2, -0.15) is 0 Å². The number of nitrogens with zero attached hydrogens (tertiary/aromatic N) is 1. The largest absolute Gasteiger partial charge is 0.352 e. The van der Waals surface area contributed by atoms with Crippen LogP contribution >= 0.6 is 11.6 Å². The van der Waals surface area contributed by atoms with Gasteiger partial charge in [0.25, 0.3) is 11.6 Å². The summed E-state index contributed by atoms with van der Waals surface area (Å²) in [4.78, 5) is 22.1. The van der Waals surface area contributed by atoms with E-state index in [2.05, 4.69) is 19.2 Å². The second-order valence-corrected chi connectivity index (χ2v) is 4.78. The number of halogens is 1. The van der Waals surface area contributed by atoms with Gasteiger partial charge in [-0.1, -0.05) is 38.3 Å². The van der Waals surface area contributed by atoms with E-state index in [0.29, 0.717) is 12.5 Å². The highest BCUT2D eigenvalue weighted by Gasteiger charge is 2.14. The van der Waals surface area contributed by atoms with E-state index in [1.54, 1.807) is 0 Å². The van der Waals surface area contributed by atoms with Gasteiger partial charge in [0.1, 0.15) is 0 Å². The summed E-state index contributed by atoms with van der Waals surface area (Å²) in [5.74, 6) is 0.0793. The van der Waals surface area contributed by atoms with Crippen molar-refractivity contribution in [3.05, 3.63) is 38.9 Å². The number of carbonyl (C=O) groups is 1. The molecule has 0 aliphatic heterocycles. The van der Waals surface area contributed by atoms with Gasteiger partial charge in [-0.15, -0.1) is 0 Å². The van der Waals surface area contributed by atoms with E-state index in [1.807, 2.05) is 0 Å². The summed E-state index contributed by atoms with van der Waals surface area (Å²) >= 11 is 5.77. The molecule has 0 saturated carbocycles. The van der Waals surface area contributed by atoms with Crippen LogP contribution in [0, 0.1) is 16.0 Å². The molecule has 1 N–H and O–H groups in total. The average molecular weight is 285 g/mol. The summed E-state index contributed by atoms with van der Waals surface area (Å²) in [6, 6.07) is 3.88. The fraction of sp³-hybridized carbons (Fsp3) is 0.462. The molecule has 0 fully saturated rings. The van der Waals surface area contributed by atoms with Crippen molar-refractivity contribution in [2.45, 2.75) is 26.7 Å². The number of carbonyl (C=O) groups excluding carboxylic acids is 1. The predicted molar refractivity (Wildman–Crippen MR) is 74.5 cm³/mol. The van der Waals surface area contributed by atoms with E-state index in [-0.39, 0.29) is 22.2 Å². The van der Waals surface area contributed by atoms with Gasteiger partial charge in [0.2, 0.25) is 0 Å². The van der Waals surface area contributed by atoms with Crippen molar-refractivity contribution in [1.29, 1.82) is 0 Å². The number of benzene rings is 1. The van der Waals surface area contributed by atoms with Crippen molar-refractivity contribution < 1.29 is 9.72 Å². The molecule has 1 aromatic carbocycles. The van der Waals surface area contributed by atoms with Gasteiger partial charge in [0, 0.05) is 29.3 Å². The maximum atomic E-state index is 11.9. The van der Waals surface area contributed by atoms with Crippen molar-refractivity contribution in [1.82, 2.24) is 5.32 Å². The minimum absolute atomic E-state index is 0.180. The van der Waals surface area contributed by atoms with E-state index >= 15 is 0 Å². The van der Waals surface area contributed by atoms with Gasteiger partial charge >= 0.3 is 0 Å². The molecule has 0 heterocycles. The molecule has 0 atom stereocenters. The number of rotatable bonds is 6. The molecule has 0 aliphatic carbocycles. The molecule has 5 nitrogen and oxygen atoms in total. The van der Waals surface area contributed by atoms with Crippen LogP contribution in [0.5, 0.6) is 0 Å². The van der Waals surface area contributed by atoms with Crippen LogP contribution in [-0.4, -0.2) is 17.4 Å². The molecular formula is C13H17ClN2O3. The Morgan fingerprint density at radius 3 is 2.53 bits per heavy atom. The van der Waals surface area contributed by atoms with Crippen LogP contribution in [0.15, 0.2) is 18.2 Å². The van der Waals surface area contributed by atoms with Crippen LogP contribution in [0.4, 0.5) is 5.69 Å². The van der Waals surface area contributed by atoms with Gasteiger partial charge in [0.15, 0.2) is 0 Å². The Hall–Kier alpha value is -1.62. The number of hydrogen-bond acceptors (Lipinski definition) is 3. The number of nitro benzene ring substituents is 1. The Labute approximate surface area is 117 Å². The minimum atomic E-state index is -0.566. The molecule has 104 valence electrons. The van der Waals surface area contributed by atoms with Gasteiger partial charge in [0.05, 0.1) is 4.92 Å². The van der Waals surface area contributed by atoms with Crippen LogP contribution in [0.2, 0.25) is 5.02 Å². The average Bonchev–Trinajstić information content (AvgIpc) is 2.38. The number of hydrogen-bond donors (Lipinski definition) is 1. The van der Waals surface area contributed by atoms with Crippen molar-refractivity contribution in [3.63, 3.8) is 0 Å². The Morgan fingerprint density at radius 2 is 2.00 bits per heavy atom. The van der Waals surface area contributed by atoms with E-state index in [1.165, 1.54) is 18.2 Å². The highest BCUT2D eigenvalue weighted by Crippen LogP contribution is 2.20. The Bertz CT molecular complexity index is 473. The van der Waals surface area contributed by atoms with Gasteiger partial charge in [-0.3, -0.25) is 14.9 Å². The number of nitrogens with one attached hydrogen (secondary N) is 1. The normalized spacial score (nSPS) is 10.5. The van der Waals surface area contributed by atoms with Crippen LogP contribution < -0.4 is 5.32 Å². The zero-order valence-corrected chi connectivity index (χ0v) is 11.7. The molecule has 1 rings (SSSR count). The van der Waals surface area contributed by atoms with E-state index in [9.17, 15) is 14.9 Å². The fourth-order valence-electron chi connectivity index (χ4n) is 1.73. The zero-order chi connectivity index (χ0) is 14.4. The second kappa shape index (κ2) is 7.09. The Morgan fingerprint density at radius 1 is 1.37 bits per heavy atom. The smallest absolute Gasteiger partial charge is 0.271 e. The predicted octanol–water partition coefficient (Wildman–Crippen LogP) is 3.41. The van der Waals surface area contributed by atoms with Crippen LogP contribution in [0.25, 0.3) is 0 Å². The third-order valence-corrected chi connectivity index (χ3v) is 3.28. The summed E-state index contributed by atoms with van der Waals surface area (Å²) in [6.07, 6.45) is 1.96. The summed E-state index contributed by atoms with van der Waals surface area (Å²) in [5.41, 5.74) is 0.0327. The van der Waals surface area contributed by atoms with Gasteiger partial charge in [-0.05, 0) is 12.0 Å². The minimum Gasteiger partial charge on any atom is -0.352 e. The molecule has 0 bridgehead atoms. The molecule has 0 unspecified atom stereocenters. The van der Waals surface area contributed by atoms with E-state index in [4.69, 9.17) is 11.6 Å². The standard InChI is InChI=1S/C13H17ClN2O3/c1-3-9(4-2)8-15-13(17)10-5-11(14)7-12(6-10)16(18)19/h5-7,9H,3-4,8H2,1-2H3,(H,15,17). The number of nitro groups is 1. The molecule has 0 radical (unpaired) electrons. The first-order valence-electron chi connectivity index (χ1n) is 6.21. The zero-order valence-electron chi connectivity index (χ0n) is 11.0.